The lowest BCUT2D eigenvalue weighted by Gasteiger charge is -2.24. The summed E-state index contributed by atoms with van der Waals surface area (Å²) in [6.45, 7) is 3.77. The highest BCUT2D eigenvalue weighted by molar-refractivity contribution is 6.33. The predicted octanol–water partition coefficient (Wildman–Crippen LogP) is 2.51. The fourth-order valence-electron chi connectivity index (χ4n) is 2.52. The second-order valence-electron chi connectivity index (χ2n) is 5.22. The topological polar surface area (TPSA) is 59.6 Å². The number of hydrogen-bond donors (Lipinski definition) is 2. The first-order valence-electron chi connectivity index (χ1n) is 6.74. The summed E-state index contributed by atoms with van der Waals surface area (Å²) in [6, 6.07) is 3.82. The zero-order chi connectivity index (χ0) is 14.1. The minimum Gasteiger partial charge on any atom is -0.482 e. The number of nitrogens with one attached hydrogen (secondary N) is 2. The summed E-state index contributed by atoms with van der Waals surface area (Å²) in [4.78, 5) is 11.3. The molecule has 0 radical (unpaired) electrons. The van der Waals surface area contributed by atoms with Crippen LogP contribution in [0.2, 0.25) is 5.02 Å². The van der Waals surface area contributed by atoms with Gasteiger partial charge in [0, 0.05) is 24.6 Å². The molecule has 3 rings (SSSR count). The highest BCUT2D eigenvalue weighted by atomic mass is 35.5. The fraction of sp³-hybridized carbons (Fsp3) is 0.500. The van der Waals surface area contributed by atoms with E-state index in [1.54, 1.807) is 6.07 Å². The average Bonchev–Trinajstić information content (AvgIpc) is 2.94. The molecule has 0 saturated carbocycles. The zero-order valence-electron chi connectivity index (χ0n) is 11.2. The van der Waals surface area contributed by atoms with Gasteiger partial charge in [0.1, 0.15) is 5.75 Å². The summed E-state index contributed by atoms with van der Waals surface area (Å²) in [7, 11) is 0. The van der Waals surface area contributed by atoms with Crippen LogP contribution in [-0.4, -0.2) is 31.8 Å². The molecule has 0 bridgehead atoms. The van der Waals surface area contributed by atoms with Gasteiger partial charge < -0.3 is 20.1 Å². The van der Waals surface area contributed by atoms with Gasteiger partial charge in [-0.05, 0) is 19.4 Å². The van der Waals surface area contributed by atoms with Crippen molar-refractivity contribution >= 4 is 28.9 Å². The Labute approximate surface area is 122 Å². The Morgan fingerprint density at radius 2 is 2.35 bits per heavy atom. The van der Waals surface area contributed by atoms with Crippen LogP contribution in [-0.2, 0) is 9.53 Å². The number of rotatable bonds is 3. The van der Waals surface area contributed by atoms with E-state index < -0.39 is 0 Å². The van der Waals surface area contributed by atoms with Crippen LogP contribution < -0.4 is 15.4 Å². The largest absolute Gasteiger partial charge is 0.482 e. The molecule has 1 fully saturated rings. The molecule has 1 amide bonds. The minimum absolute atomic E-state index is 0.0418. The van der Waals surface area contributed by atoms with E-state index in [-0.39, 0.29) is 18.6 Å². The van der Waals surface area contributed by atoms with E-state index in [4.69, 9.17) is 21.1 Å². The van der Waals surface area contributed by atoms with E-state index in [9.17, 15) is 4.79 Å². The van der Waals surface area contributed by atoms with Crippen LogP contribution in [0.3, 0.4) is 0 Å². The second kappa shape index (κ2) is 5.50. The molecule has 0 spiro atoms. The Kier molecular flexibility index (Phi) is 3.72. The van der Waals surface area contributed by atoms with E-state index in [0.29, 0.717) is 22.4 Å². The fourth-order valence-corrected chi connectivity index (χ4v) is 2.74. The van der Waals surface area contributed by atoms with Crippen molar-refractivity contribution in [2.45, 2.75) is 19.4 Å². The Morgan fingerprint density at radius 3 is 3.10 bits per heavy atom. The molecule has 0 aromatic heterocycles. The molecular weight excluding hydrogens is 280 g/mol. The third-order valence-corrected chi connectivity index (χ3v) is 4.07. The van der Waals surface area contributed by atoms with Crippen LogP contribution in [0.15, 0.2) is 12.1 Å². The Bertz CT molecular complexity index is 529. The number of carbonyl (C=O) groups is 1. The van der Waals surface area contributed by atoms with Crippen molar-refractivity contribution in [3.8, 4) is 5.75 Å². The normalized spacial score (nSPS) is 22.7. The number of hydrogen-bond acceptors (Lipinski definition) is 4. The van der Waals surface area contributed by atoms with Gasteiger partial charge in [0.2, 0.25) is 0 Å². The lowest BCUT2D eigenvalue weighted by atomic mass is 10.0. The summed E-state index contributed by atoms with van der Waals surface area (Å²) in [6.07, 6.45) is 1.06. The van der Waals surface area contributed by atoms with Gasteiger partial charge in [-0.1, -0.05) is 11.6 Å². The van der Waals surface area contributed by atoms with Gasteiger partial charge in [0.25, 0.3) is 5.91 Å². The van der Waals surface area contributed by atoms with Crippen molar-refractivity contribution in [3.05, 3.63) is 17.2 Å². The predicted molar refractivity (Wildman–Crippen MR) is 77.6 cm³/mol. The zero-order valence-corrected chi connectivity index (χ0v) is 12.0. The molecule has 108 valence electrons. The number of amides is 1. The Hall–Kier alpha value is -1.46. The molecule has 1 aromatic carbocycles. The first-order valence-corrected chi connectivity index (χ1v) is 7.12. The van der Waals surface area contributed by atoms with Crippen LogP contribution in [0.1, 0.15) is 13.3 Å². The van der Waals surface area contributed by atoms with Crippen LogP contribution in [0.25, 0.3) is 0 Å². The van der Waals surface area contributed by atoms with Gasteiger partial charge in [-0.25, -0.2) is 0 Å². The molecular formula is C14H17ClN2O3. The Morgan fingerprint density at radius 1 is 1.50 bits per heavy atom. The van der Waals surface area contributed by atoms with Gasteiger partial charge in [-0.2, -0.15) is 0 Å². The highest BCUT2D eigenvalue weighted by Crippen LogP contribution is 2.37. The van der Waals surface area contributed by atoms with Gasteiger partial charge in [0.15, 0.2) is 6.61 Å². The van der Waals surface area contributed by atoms with Crippen LogP contribution in [0.4, 0.5) is 11.4 Å². The van der Waals surface area contributed by atoms with Crippen molar-refractivity contribution in [2.75, 3.05) is 30.5 Å². The molecule has 1 saturated heterocycles. The SMILES string of the molecule is CC(Nc1cc2c(cc1Cl)NC(=O)CO2)C1CCOC1. The summed E-state index contributed by atoms with van der Waals surface area (Å²) < 4.78 is 10.8. The standard InChI is InChI=1S/C14H17ClN2O3/c1-8(9-2-3-19-6-9)16-11-5-13-12(4-10(11)15)17-14(18)7-20-13/h4-5,8-9,16H,2-3,6-7H2,1H3,(H,17,18). The number of carbonyl (C=O) groups excluding carboxylic acids is 1. The van der Waals surface area contributed by atoms with Gasteiger partial charge in [-0.3, -0.25) is 4.79 Å². The third kappa shape index (κ3) is 2.69. The van der Waals surface area contributed by atoms with E-state index in [1.165, 1.54) is 0 Å². The van der Waals surface area contributed by atoms with Crippen molar-refractivity contribution in [2.24, 2.45) is 5.92 Å². The molecule has 20 heavy (non-hydrogen) atoms. The summed E-state index contributed by atoms with van der Waals surface area (Å²) in [5.74, 6) is 0.972. The summed E-state index contributed by atoms with van der Waals surface area (Å²) >= 11 is 6.26. The number of fused-ring (bicyclic) bond motifs is 1. The number of ether oxygens (including phenoxy) is 2. The molecule has 2 N–H and O–H groups in total. The first-order chi connectivity index (χ1) is 9.63. The van der Waals surface area contributed by atoms with Crippen molar-refractivity contribution in [3.63, 3.8) is 0 Å². The summed E-state index contributed by atoms with van der Waals surface area (Å²) in [5.41, 5.74) is 1.44. The van der Waals surface area contributed by atoms with E-state index >= 15 is 0 Å². The van der Waals surface area contributed by atoms with Crippen molar-refractivity contribution in [1.29, 1.82) is 0 Å². The van der Waals surface area contributed by atoms with Gasteiger partial charge in [0.05, 0.1) is 23.0 Å². The maximum absolute atomic E-state index is 11.3. The van der Waals surface area contributed by atoms with Crippen LogP contribution >= 0.6 is 11.6 Å². The van der Waals surface area contributed by atoms with Gasteiger partial charge >= 0.3 is 0 Å². The third-order valence-electron chi connectivity index (χ3n) is 3.76. The van der Waals surface area contributed by atoms with Crippen molar-refractivity contribution < 1.29 is 14.3 Å². The molecule has 2 unspecified atom stereocenters. The van der Waals surface area contributed by atoms with Gasteiger partial charge in [-0.15, -0.1) is 0 Å². The Balaban J connectivity index is 1.78. The van der Waals surface area contributed by atoms with E-state index in [1.807, 2.05) is 6.07 Å². The lowest BCUT2D eigenvalue weighted by Crippen LogP contribution is -2.27. The highest BCUT2D eigenvalue weighted by Gasteiger charge is 2.24. The molecule has 0 aliphatic carbocycles. The maximum atomic E-state index is 11.3. The number of halogens is 1. The molecule has 2 aliphatic heterocycles. The first kappa shape index (κ1) is 13.5. The molecule has 1 aromatic rings. The van der Waals surface area contributed by atoms with Crippen LogP contribution in [0, 0.1) is 5.92 Å². The smallest absolute Gasteiger partial charge is 0.262 e. The molecule has 6 heteroatoms. The average molecular weight is 297 g/mol. The summed E-state index contributed by atoms with van der Waals surface area (Å²) in [5, 5.41) is 6.72. The van der Waals surface area contributed by atoms with E-state index in [0.717, 1.165) is 25.3 Å². The second-order valence-corrected chi connectivity index (χ2v) is 5.63. The lowest BCUT2D eigenvalue weighted by molar-refractivity contribution is -0.118. The van der Waals surface area contributed by atoms with Crippen LogP contribution in [0.5, 0.6) is 5.75 Å². The van der Waals surface area contributed by atoms with Crippen molar-refractivity contribution in [1.82, 2.24) is 0 Å². The molecule has 5 nitrogen and oxygen atoms in total. The quantitative estimate of drug-likeness (QED) is 0.900. The monoisotopic (exact) mass is 296 g/mol. The number of benzene rings is 1. The molecule has 2 heterocycles. The molecule has 2 aliphatic rings. The van der Waals surface area contributed by atoms with E-state index in [2.05, 4.69) is 17.6 Å². The molecule has 2 atom stereocenters. The maximum Gasteiger partial charge on any atom is 0.262 e. The minimum atomic E-state index is -0.161. The number of anilines is 2.